The van der Waals surface area contributed by atoms with E-state index in [1.807, 2.05) is 30.3 Å². The number of amides is 1. The standard InChI is InChI=1S/C26H31Cl2N3O2/c1-16-4-5-23-22(10-16)19(14-29-23)6-8-31-9-7-24(25(17(2)32)26(31)33)30(3)15-18-11-20(27)13-21(28)12-18/h4-5,10-14,17,24-25,29,32H,6-9,15H2,1-3H3. The summed E-state index contributed by atoms with van der Waals surface area (Å²) in [5, 5.41) is 12.9. The number of rotatable bonds is 7. The lowest BCUT2D eigenvalue weighted by Gasteiger charge is -2.43. The second kappa shape index (κ2) is 10.1. The van der Waals surface area contributed by atoms with Crippen molar-refractivity contribution in [3.63, 3.8) is 0 Å². The van der Waals surface area contributed by atoms with E-state index < -0.39 is 12.0 Å². The third-order valence-corrected chi connectivity index (χ3v) is 7.16. The van der Waals surface area contributed by atoms with Gasteiger partial charge >= 0.3 is 0 Å². The van der Waals surface area contributed by atoms with Crippen LogP contribution in [0.4, 0.5) is 0 Å². The zero-order valence-electron chi connectivity index (χ0n) is 19.3. The first-order chi connectivity index (χ1) is 15.7. The molecule has 0 aliphatic carbocycles. The van der Waals surface area contributed by atoms with Crippen LogP contribution >= 0.6 is 23.2 Å². The lowest BCUT2D eigenvalue weighted by Crippen LogP contribution is -2.56. The molecule has 1 aliphatic heterocycles. The smallest absolute Gasteiger partial charge is 0.229 e. The maximum atomic E-state index is 13.4. The van der Waals surface area contributed by atoms with Crippen LogP contribution in [0.15, 0.2) is 42.6 Å². The van der Waals surface area contributed by atoms with Gasteiger partial charge in [-0.2, -0.15) is 0 Å². The second-order valence-electron chi connectivity index (χ2n) is 9.25. The Morgan fingerprint density at radius 2 is 1.94 bits per heavy atom. The van der Waals surface area contributed by atoms with Crippen molar-refractivity contribution in [2.45, 2.75) is 45.4 Å². The van der Waals surface area contributed by atoms with Crippen LogP contribution in [-0.2, 0) is 17.8 Å². The molecular weight excluding hydrogens is 457 g/mol. The van der Waals surface area contributed by atoms with Gasteiger partial charge in [-0.25, -0.2) is 0 Å². The average Bonchev–Trinajstić information content (AvgIpc) is 3.13. The minimum Gasteiger partial charge on any atom is -0.393 e. The zero-order chi connectivity index (χ0) is 23.7. The van der Waals surface area contributed by atoms with Gasteiger partial charge in [0.2, 0.25) is 5.91 Å². The molecule has 3 aromatic rings. The normalized spacial score (nSPS) is 20.1. The highest BCUT2D eigenvalue weighted by atomic mass is 35.5. The Morgan fingerprint density at radius 3 is 2.64 bits per heavy atom. The van der Waals surface area contributed by atoms with Crippen molar-refractivity contribution in [1.29, 1.82) is 0 Å². The van der Waals surface area contributed by atoms with Crippen molar-refractivity contribution in [3.8, 4) is 0 Å². The predicted octanol–water partition coefficient (Wildman–Crippen LogP) is 5.06. The largest absolute Gasteiger partial charge is 0.393 e. The minimum absolute atomic E-state index is 0.0215. The number of aryl methyl sites for hydroxylation is 1. The van der Waals surface area contributed by atoms with E-state index in [2.05, 4.69) is 35.0 Å². The molecule has 0 spiro atoms. The number of carbonyl (C=O) groups excluding carboxylic acids is 1. The Labute approximate surface area is 205 Å². The van der Waals surface area contributed by atoms with Crippen molar-refractivity contribution in [2.75, 3.05) is 20.1 Å². The molecule has 1 saturated heterocycles. The highest BCUT2D eigenvalue weighted by Crippen LogP contribution is 2.29. The highest BCUT2D eigenvalue weighted by molar-refractivity contribution is 6.34. The number of fused-ring (bicyclic) bond motifs is 1. The van der Waals surface area contributed by atoms with E-state index in [4.69, 9.17) is 23.2 Å². The topological polar surface area (TPSA) is 59.6 Å². The molecule has 0 saturated carbocycles. The Balaban J connectivity index is 1.45. The third kappa shape index (κ3) is 5.38. The molecule has 2 aromatic carbocycles. The molecule has 1 fully saturated rings. The summed E-state index contributed by atoms with van der Waals surface area (Å²) in [6.45, 7) is 5.73. The fourth-order valence-corrected chi connectivity index (χ4v) is 5.63. The minimum atomic E-state index is -0.730. The number of carbonyl (C=O) groups is 1. The summed E-state index contributed by atoms with van der Waals surface area (Å²) in [6, 6.07) is 11.8. The molecule has 2 N–H and O–H groups in total. The van der Waals surface area contributed by atoms with Gasteiger partial charge in [-0.15, -0.1) is 0 Å². The van der Waals surface area contributed by atoms with Crippen molar-refractivity contribution in [2.24, 2.45) is 5.92 Å². The molecule has 176 valence electrons. The molecule has 2 heterocycles. The van der Waals surface area contributed by atoms with E-state index in [1.54, 1.807) is 13.0 Å². The first kappa shape index (κ1) is 24.1. The summed E-state index contributed by atoms with van der Waals surface area (Å²) in [4.78, 5) is 20.8. The molecule has 1 aliphatic rings. The lowest BCUT2D eigenvalue weighted by atomic mass is 9.85. The van der Waals surface area contributed by atoms with E-state index >= 15 is 0 Å². The van der Waals surface area contributed by atoms with Crippen molar-refractivity contribution < 1.29 is 9.90 Å². The van der Waals surface area contributed by atoms with E-state index in [1.165, 1.54) is 16.5 Å². The number of halogens is 2. The molecule has 5 nitrogen and oxygen atoms in total. The zero-order valence-corrected chi connectivity index (χ0v) is 20.8. The summed E-state index contributed by atoms with van der Waals surface area (Å²) in [5.74, 6) is -0.447. The first-order valence-electron chi connectivity index (χ1n) is 11.4. The molecule has 0 bridgehead atoms. The van der Waals surface area contributed by atoms with Crippen LogP contribution in [0.3, 0.4) is 0 Å². The predicted molar refractivity (Wildman–Crippen MR) is 135 cm³/mol. The van der Waals surface area contributed by atoms with Gasteiger partial charge in [-0.05, 0) is 75.2 Å². The third-order valence-electron chi connectivity index (χ3n) is 6.72. The Bertz CT molecular complexity index is 1120. The number of aliphatic hydroxyl groups excluding tert-OH is 1. The number of benzene rings is 2. The van der Waals surface area contributed by atoms with Crippen LogP contribution in [0, 0.1) is 12.8 Å². The summed E-state index contributed by atoms with van der Waals surface area (Å²) in [7, 11) is 1.99. The van der Waals surface area contributed by atoms with Crippen LogP contribution in [0.25, 0.3) is 10.9 Å². The lowest BCUT2D eigenvalue weighted by molar-refractivity contribution is -0.147. The number of piperidine rings is 1. The number of hydrogen-bond donors (Lipinski definition) is 2. The second-order valence-corrected chi connectivity index (χ2v) is 10.1. The maximum absolute atomic E-state index is 13.4. The van der Waals surface area contributed by atoms with Gasteiger partial charge in [0, 0.05) is 52.8 Å². The molecule has 1 amide bonds. The fraction of sp³-hybridized carbons (Fsp3) is 0.423. The first-order valence-corrected chi connectivity index (χ1v) is 12.2. The van der Waals surface area contributed by atoms with Crippen LogP contribution in [0.1, 0.15) is 30.0 Å². The SMILES string of the molecule is Cc1ccc2[nH]cc(CCN3CCC(N(C)Cc4cc(Cl)cc(Cl)c4)C(C(C)O)C3=O)c2c1. The Hall–Kier alpha value is -2.05. The van der Waals surface area contributed by atoms with Gasteiger partial charge in [0.1, 0.15) is 0 Å². The molecule has 1 aromatic heterocycles. The highest BCUT2D eigenvalue weighted by Gasteiger charge is 2.41. The molecule has 33 heavy (non-hydrogen) atoms. The molecule has 7 heteroatoms. The number of aromatic nitrogens is 1. The van der Waals surface area contributed by atoms with Crippen molar-refractivity contribution in [3.05, 3.63) is 69.3 Å². The van der Waals surface area contributed by atoms with E-state index in [0.29, 0.717) is 29.7 Å². The summed E-state index contributed by atoms with van der Waals surface area (Å²) in [5.41, 5.74) is 4.54. The molecule has 4 rings (SSSR count). The van der Waals surface area contributed by atoms with Gasteiger partial charge < -0.3 is 15.0 Å². The molecule has 3 atom stereocenters. The fourth-order valence-electron chi connectivity index (χ4n) is 5.06. The van der Waals surface area contributed by atoms with Gasteiger partial charge in [0.05, 0.1) is 12.0 Å². The number of hydrogen-bond acceptors (Lipinski definition) is 3. The number of likely N-dealkylation sites (tertiary alicyclic amines) is 1. The van der Waals surface area contributed by atoms with Gasteiger partial charge in [0.25, 0.3) is 0 Å². The van der Waals surface area contributed by atoms with E-state index in [0.717, 1.165) is 23.9 Å². The quantitative estimate of drug-likeness (QED) is 0.489. The van der Waals surface area contributed by atoms with Crippen LogP contribution in [0.5, 0.6) is 0 Å². The molecule has 3 unspecified atom stereocenters. The monoisotopic (exact) mass is 487 g/mol. The summed E-state index contributed by atoms with van der Waals surface area (Å²) >= 11 is 12.3. The summed E-state index contributed by atoms with van der Waals surface area (Å²) < 4.78 is 0. The molecule has 0 radical (unpaired) electrons. The molecular formula is C26H31Cl2N3O2. The van der Waals surface area contributed by atoms with E-state index in [-0.39, 0.29) is 11.9 Å². The maximum Gasteiger partial charge on any atom is 0.229 e. The number of H-pyrrole nitrogens is 1. The summed E-state index contributed by atoms with van der Waals surface area (Å²) in [6.07, 6.45) is 2.89. The van der Waals surface area contributed by atoms with Gasteiger partial charge in [-0.3, -0.25) is 9.69 Å². The van der Waals surface area contributed by atoms with Crippen LogP contribution in [-0.4, -0.2) is 58.1 Å². The van der Waals surface area contributed by atoms with Gasteiger partial charge in [0.15, 0.2) is 0 Å². The van der Waals surface area contributed by atoms with Crippen molar-refractivity contribution in [1.82, 2.24) is 14.8 Å². The van der Waals surface area contributed by atoms with Crippen LogP contribution in [0.2, 0.25) is 10.0 Å². The number of aliphatic hydroxyl groups is 1. The van der Waals surface area contributed by atoms with E-state index in [9.17, 15) is 9.90 Å². The Kier molecular flexibility index (Phi) is 7.34. The Morgan fingerprint density at radius 1 is 1.21 bits per heavy atom. The number of nitrogens with zero attached hydrogens (tertiary/aromatic N) is 2. The number of aromatic amines is 1. The van der Waals surface area contributed by atoms with Gasteiger partial charge in [-0.1, -0.05) is 34.8 Å². The van der Waals surface area contributed by atoms with Crippen LogP contribution < -0.4 is 0 Å². The average molecular weight is 488 g/mol. The number of nitrogens with one attached hydrogen (secondary N) is 1. The van der Waals surface area contributed by atoms with Crippen molar-refractivity contribution >= 4 is 40.0 Å².